The monoisotopic (exact) mass is 251 g/mol. The van der Waals surface area contributed by atoms with E-state index in [0.29, 0.717) is 18.7 Å². The standard InChI is InChI=1S/C13H21N3O2/c1-13(2,3)16-12(17)7-8-14-11-6-5-10(18-4)9-15-11/h5-6,9H,7-8H2,1-4H3,(H,14,15)(H,16,17). The molecule has 100 valence electrons. The maximum atomic E-state index is 11.6. The fourth-order valence-corrected chi connectivity index (χ4v) is 1.39. The van der Waals surface area contributed by atoms with Crippen LogP contribution < -0.4 is 15.4 Å². The third kappa shape index (κ3) is 5.52. The van der Waals surface area contributed by atoms with Gasteiger partial charge in [-0.3, -0.25) is 4.79 Å². The van der Waals surface area contributed by atoms with Crippen LogP contribution in [0.4, 0.5) is 5.82 Å². The number of ether oxygens (including phenoxy) is 1. The molecule has 1 heterocycles. The van der Waals surface area contributed by atoms with Crippen LogP contribution in [0.1, 0.15) is 27.2 Å². The second kappa shape index (κ2) is 6.23. The van der Waals surface area contributed by atoms with E-state index in [4.69, 9.17) is 4.74 Å². The van der Waals surface area contributed by atoms with Gasteiger partial charge in [0.05, 0.1) is 13.3 Å². The molecule has 0 aliphatic heterocycles. The number of hydrogen-bond acceptors (Lipinski definition) is 4. The van der Waals surface area contributed by atoms with Crippen molar-refractivity contribution in [2.24, 2.45) is 0 Å². The van der Waals surface area contributed by atoms with Crippen LogP contribution in [0, 0.1) is 0 Å². The third-order valence-corrected chi connectivity index (χ3v) is 2.14. The van der Waals surface area contributed by atoms with Gasteiger partial charge in [0, 0.05) is 18.5 Å². The topological polar surface area (TPSA) is 63.2 Å². The Hall–Kier alpha value is -1.78. The SMILES string of the molecule is COc1ccc(NCCC(=O)NC(C)(C)C)nc1. The number of amides is 1. The zero-order valence-corrected chi connectivity index (χ0v) is 11.4. The summed E-state index contributed by atoms with van der Waals surface area (Å²) >= 11 is 0. The molecule has 1 amide bonds. The lowest BCUT2D eigenvalue weighted by molar-refractivity contribution is -0.122. The highest BCUT2D eigenvalue weighted by molar-refractivity contribution is 5.77. The Balaban J connectivity index is 2.30. The quantitative estimate of drug-likeness (QED) is 0.837. The number of hydrogen-bond donors (Lipinski definition) is 2. The third-order valence-electron chi connectivity index (χ3n) is 2.14. The number of nitrogens with zero attached hydrogens (tertiary/aromatic N) is 1. The fourth-order valence-electron chi connectivity index (χ4n) is 1.39. The Morgan fingerprint density at radius 2 is 2.11 bits per heavy atom. The van der Waals surface area contributed by atoms with E-state index >= 15 is 0 Å². The van der Waals surface area contributed by atoms with Gasteiger partial charge in [0.25, 0.3) is 0 Å². The number of aromatic nitrogens is 1. The van der Waals surface area contributed by atoms with E-state index in [1.165, 1.54) is 0 Å². The van der Waals surface area contributed by atoms with Crippen LogP contribution in [0.2, 0.25) is 0 Å². The lowest BCUT2D eigenvalue weighted by atomic mass is 10.1. The fraction of sp³-hybridized carbons (Fsp3) is 0.538. The largest absolute Gasteiger partial charge is 0.495 e. The highest BCUT2D eigenvalue weighted by Crippen LogP contribution is 2.10. The van der Waals surface area contributed by atoms with E-state index in [2.05, 4.69) is 15.6 Å². The molecule has 0 spiro atoms. The van der Waals surface area contributed by atoms with Crippen LogP contribution in [0.5, 0.6) is 5.75 Å². The molecule has 0 fully saturated rings. The highest BCUT2D eigenvalue weighted by atomic mass is 16.5. The Kier molecular flexibility index (Phi) is 4.95. The van der Waals surface area contributed by atoms with Gasteiger partial charge in [-0.05, 0) is 32.9 Å². The second-order valence-electron chi connectivity index (χ2n) is 5.06. The smallest absolute Gasteiger partial charge is 0.222 e. The zero-order valence-electron chi connectivity index (χ0n) is 11.4. The van der Waals surface area contributed by atoms with Gasteiger partial charge in [-0.15, -0.1) is 0 Å². The number of rotatable bonds is 5. The molecular weight excluding hydrogens is 230 g/mol. The number of carbonyl (C=O) groups is 1. The predicted octanol–water partition coefficient (Wildman–Crippen LogP) is 1.81. The van der Waals surface area contributed by atoms with Gasteiger partial charge < -0.3 is 15.4 Å². The summed E-state index contributed by atoms with van der Waals surface area (Å²) in [7, 11) is 1.60. The van der Waals surface area contributed by atoms with Crippen molar-refractivity contribution in [3.8, 4) is 5.75 Å². The van der Waals surface area contributed by atoms with Gasteiger partial charge in [-0.25, -0.2) is 4.98 Å². The van der Waals surface area contributed by atoms with E-state index in [-0.39, 0.29) is 11.4 Å². The predicted molar refractivity (Wildman–Crippen MR) is 71.8 cm³/mol. The molecule has 5 nitrogen and oxygen atoms in total. The Labute approximate surface area is 108 Å². The molecule has 1 rings (SSSR count). The summed E-state index contributed by atoms with van der Waals surface area (Å²) in [5.74, 6) is 1.48. The van der Waals surface area contributed by atoms with Crippen molar-refractivity contribution in [3.63, 3.8) is 0 Å². The highest BCUT2D eigenvalue weighted by Gasteiger charge is 2.12. The molecule has 0 atom stereocenters. The number of pyridine rings is 1. The normalized spacial score (nSPS) is 10.9. The summed E-state index contributed by atoms with van der Waals surface area (Å²) in [6.45, 7) is 6.44. The maximum Gasteiger partial charge on any atom is 0.222 e. The molecule has 0 unspecified atom stereocenters. The van der Waals surface area contributed by atoms with Crippen molar-refractivity contribution in [2.75, 3.05) is 19.0 Å². The van der Waals surface area contributed by atoms with Crippen LogP contribution >= 0.6 is 0 Å². The summed E-state index contributed by atoms with van der Waals surface area (Å²) in [4.78, 5) is 15.7. The average molecular weight is 251 g/mol. The molecule has 0 radical (unpaired) electrons. The van der Waals surface area contributed by atoms with Gasteiger partial charge >= 0.3 is 0 Å². The molecule has 18 heavy (non-hydrogen) atoms. The minimum atomic E-state index is -0.185. The van der Waals surface area contributed by atoms with Crippen molar-refractivity contribution in [1.82, 2.24) is 10.3 Å². The summed E-state index contributed by atoms with van der Waals surface area (Å²) in [6.07, 6.45) is 2.06. The van der Waals surface area contributed by atoms with Crippen molar-refractivity contribution < 1.29 is 9.53 Å². The molecule has 0 bridgehead atoms. The van der Waals surface area contributed by atoms with E-state index < -0.39 is 0 Å². The maximum absolute atomic E-state index is 11.6. The minimum Gasteiger partial charge on any atom is -0.495 e. The molecule has 5 heteroatoms. The first-order chi connectivity index (χ1) is 8.40. The van der Waals surface area contributed by atoms with Gasteiger partial charge in [0.1, 0.15) is 11.6 Å². The first-order valence-electron chi connectivity index (χ1n) is 5.95. The molecule has 0 aromatic carbocycles. The first-order valence-corrected chi connectivity index (χ1v) is 5.95. The Morgan fingerprint density at radius 3 is 2.61 bits per heavy atom. The summed E-state index contributed by atoms with van der Waals surface area (Å²) in [6, 6.07) is 3.64. The van der Waals surface area contributed by atoms with Gasteiger partial charge in [0.2, 0.25) is 5.91 Å². The van der Waals surface area contributed by atoms with Crippen LogP contribution in [0.3, 0.4) is 0 Å². The molecule has 1 aromatic heterocycles. The van der Waals surface area contributed by atoms with Crippen molar-refractivity contribution in [1.29, 1.82) is 0 Å². The first kappa shape index (κ1) is 14.3. The van der Waals surface area contributed by atoms with Crippen LogP contribution in [0.25, 0.3) is 0 Å². The molecular formula is C13H21N3O2. The summed E-state index contributed by atoms with van der Waals surface area (Å²) in [5, 5.41) is 5.99. The lowest BCUT2D eigenvalue weighted by Crippen LogP contribution is -2.41. The van der Waals surface area contributed by atoms with Crippen molar-refractivity contribution >= 4 is 11.7 Å². The molecule has 0 aliphatic rings. The molecule has 0 saturated heterocycles. The van der Waals surface area contributed by atoms with E-state index in [0.717, 1.165) is 5.82 Å². The van der Waals surface area contributed by atoms with E-state index in [9.17, 15) is 4.79 Å². The average Bonchev–Trinajstić information content (AvgIpc) is 2.27. The second-order valence-corrected chi connectivity index (χ2v) is 5.06. The number of carbonyl (C=O) groups excluding carboxylic acids is 1. The zero-order chi connectivity index (χ0) is 13.6. The molecule has 1 aromatic rings. The number of nitrogens with one attached hydrogen (secondary N) is 2. The van der Waals surface area contributed by atoms with Crippen LogP contribution in [-0.4, -0.2) is 30.1 Å². The van der Waals surface area contributed by atoms with Gasteiger partial charge in [-0.2, -0.15) is 0 Å². The van der Waals surface area contributed by atoms with Crippen molar-refractivity contribution in [2.45, 2.75) is 32.7 Å². The van der Waals surface area contributed by atoms with Crippen LogP contribution in [0.15, 0.2) is 18.3 Å². The lowest BCUT2D eigenvalue weighted by Gasteiger charge is -2.20. The Morgan fingerprint density at radius 1 is 1.39 bits per heavy atom. The number of methoxy groups -OCH3 is 1. The van der Waals surface area contributed by atoms with Crippen LogP contribution in [-0.2, 0) is 4.79 Å². The summed E-state index contributed by atoms with van der Waals surface area (Å²) in [5.41, 5.74) is -0.185. The van der Waals surface area contributed by atoms with Crippen molar-refractivity contribution in [3.05, 3.63) is 18.3 Å². The molecule has 0 aliphatic carbocycles. The minimum absolute atomic E-state index is 0.0310. The number of anilines is 1. The molecule has 0 saturated carbocycles. The van der Waals surface area contributed by atoms with E-state index in [1.807, 2.05) is 32.9 Å². The molecule has 2 N–H and O–H groups in total. The van der Waals surface area contributed by atoms with Gasteiger partial charge in [0.15, 0.2) is 0 Å². The van der Waals surface area contributed by atoms with E-state index in [1.54, 1.807) is 13.3 Å². The Bertz CT molecular complexity index is 382. The summed E-state index contributed by atoms with van der Waals surface area (Å²) < 4.78 is 5.01. The van der Waals surface area contributed by atoms with Gasteiger partial charge in [-0.1, -0.05) is 0 Å².